The Hall–Kier alpha value is -2.84. The van der Waals surface area contributed by atoms with Gasteiger partial charge in [-0.3, -0.25) is 9.36 Å². The van der Waals surface area contributed by atoms with Crippen molar-refractivity contribution in [3.63, 3.8) is 0 Å². The van der Waals surface area contributed by atoms with E-state index in [0.29, 0.717) is 17.4 Å². The summed E-state index contributed by atoms with van der Waals surface area (Å²) < 4.78 is 23.5. The molecule has 1 amide bonds. The normalized spacial score (nSPS) is 14.3. The molecule has 0 aromatic carbocycles. The van der Waals surface area contributed by atoms with E-state index in [2.05, 4.69) is 116 Å². The lowest BCUT2D eigenvalue weighted by Crippen LogP contribution is -2.45. The van der Waals surface area contributed by atoms with Crippen molar-refractivity contribution in [3.05, 3.63) is 109 Å². The number of hydrogen-bond acceptors (Lipinski definition) is 6. The summed E-state index contributed by atoms with van der Waals surface area (Å²) in [5.41, 5.74) is 0. The molecule has 0 spiro atoms. The number of amides is 1. The largest absolute Gasteiger partial charge is 0.756 e. The van der Waals surface area contributed by atoms with Gasteiger partial charge in [0.1, 0.15) is 13.2 Å². The Morgan fingerprint density at radius 1 is 0.429 bits per heavy atom. The number of rotatable bonds is 64. The second kappa shape index (κ2) is 64.6. The van der Waals surface area contributed by atoms with E-state index < -0.39 is 20.0 Å². The fourth-order valence-corrected chi connectivity index (χ4v) is 10.8. The predicted molar refractivity (Wildman–Crippen MR) is 366 cm³/mol. The molecule has 8 nitrogen and oxygen atoms in total. The predicted octanol–water partition coefficient (Wildman–Crippen LogP) is 22.0. The van der Waals surface area contributed by atoms with Crippen molar-refractivity contribution >= 4 is 13.7 Å². The number of unbranched alkanes of at least 4 members (excludes halogenated alkanes) is 35. The van der Waals surface area contributed by atoms with Crippen molar-refractivity contribution in [2.24, 2.45) is 0 Å². The molecule has 3 unspecified atom stereocenters. The smallest absolute Gasteiger partial charge is 0.268 e. The maximum absolute atomic E-state index is 13.0. The number of allylic oxidation sites excluding steroid dienone is 17. The molecule has 0 aromatic rings. The minimum absolute atomic E-state index is 0.00390. The van der Waals surface area contributed by atoms with Gasteiger partial charge in [-0.1, -0.05) is 329 Å². The molecule has 0 aliphatic rings. The summed E-state index contributed by atoms with van der Waals surface area (Å²) in [7, 11) is 1.26. The number of nitrogens with zero attached hydrogens (tertiary/aromatic N) is 1. The molecule has 0 saturated heterocycles. The van der Waals surface area contributed by atoms with Gasteiger partial charge in [0.25, 0.3) is 7.82 Å². The van der Waals surface area contributed by atoms with Crippen LogP contribution in [0, 0.1) is 0 Å². The average Bonchev–Trinajstić information content (AvgIpc) is 3.56. The van der Waals surface area contributed by atoms with Crippen LogP contribution in [-0.4, -0.2) is 68.5 Å². The van der Waals surface area contributed by atoms with Crippen LogP contribution in [0.2, 0.25) is 0 Å². The fourth-order valence-electron chi connectivity index (χ4n) is 10.1. The molecule has 0 aliphatic heterocycles. The van der Waals surface area contributed by atoms with Crippen LogP contribution in [0.5, 0.6) is 0 Å². The minimum atomic E-state index is -4.61. The third kappa shape index (κ3) is 66.7. The molecule has 486 valence electrons. The number of carbonyl (C=O) groups excluding carboxylic acids is 1. The molecule has 0 heterocycles. The maximum Gasteiger partial charge on any atom is 0.268 e. The molecule has 2 N–H and O–H groups in total. The number of hydrogen-bond donors (Lipinski definition) is 2. The molecular weight excluding hydrogens is 1060 g/mol. The number of phosphoric ester groups is 1. The van der Waals surface area contributed by atoms with E-state index in [4.69, 9.17) is 9.05 Å². The number of phosphoric acid groups is 1. The highest BCUT2D eigenvalue weighted by molar-refractivity contribution is 7.45. The Labute approximate surface area is 521 Å². The molecule has 0 aromatic heterocycles. The molecular formula is C75H135N2O6P. The number of nitrogens with one attached hydrogen (secondary N) is 1. The van der Waals surface area contributed by atoms with Gasteiger partial charge in [0.05, 0.1) is 39.9 Å². The first-order valence-corrected chi connectivity index (χ1v) is 36.7. The summed E-state index contributed by atoms with van der Waals surface area (Å²) >= 11 is 0. The van der Waals surface area contributed by atoms with E-state index in [1.165, 1.54) is 199 Å². The summed E-state index contributed by atoms with van der Waals surface area (Å²) in [5, 5.41) is 14.0. The van der Waals surface area contributed by atoms with Crippen LogP contribution in [0.3, 0.4) is 0 Å². The summed E-state index contributed by atoms with van der Waals surface area (Å²) in [6.07, 6.45) is 94.9. The number of quaternary nitrogens is 1. The molecule has 9 heteroatoms. The van der Waals surface area contributed by atoms with Crippen molar-refractivity contribution < 1.29 is 32.9 Å². The Morgan fingerprint density at radius 3 is 1.06 bits per heavy atom. The molecule has 0 bridgehead atoms. The third-order valence-electron chi connectivity index (χ3n) is 15.5. The van der Waals surface area contributed by atoms with Crippen molar-refractivity contribution in [2.75, 3.05) is 40.9 Å². The van der Waals surface area contributed by atoms with Crippen LogP contribution >= 0.6 is 7.82 Å². The summed E-state index contributed by atoms with van der Waals surface area (Å²) in [4.78, 5) is 25.6. The lowest BCUT2D eigenvalue weighted by molar-refractivity contribution is -0.870. The Morgan fingerprint density at radius 2 is 0.726 bits per heavy atom. The van der Waals surface area contributed by atoms with E-state index in [0.717, 1.165) is 89.9 Å². The maximum atomic E-state index is 13.0. The molecule has 0 rings (SSSR count). The van der Waals surface area contributed by atoms with Crippen molar-refractivity contribution in [3.8, 4) is 0 Å². The highest BCUT2D eigenvalue weighted by atomic mass is 31.2. The van der Waals surface area contributed by atoms with E-state index in [1.807, 2.05) is 27.2 Å². The zero-order chi connectivity index (χ0) is 61.2. The van der Waals surface area contributed by atoms with Crippen molar-refractivity contribution in [1.82, 2.24) is 5.32 Å². The van der Waals surface area contributed by atoms with Crippen molar-refractivity contribution in [2.45, 2.75) is 321 Å². The quantitative estimate of drug-likeness (QED) is 0.0272. The van der Waals surface area contributed by atoms with E-state index in [9.17, 15) is 19.4 Å². The first kappa shape index (κ1) is 81.2. The first-order chi connectivity index (χ1) is 41.0. The second-order valence-corrected chi connectivity index (χ2v) is 26.3. The van der Waals surface area contributed by atoms with Gasteiger partial charge >= 0.3 is 0 Å². The SMILES string of the molecule is CC/C=C\C/C=C\C/C=C\C/C=C\C/C=C\C/C=C\C/C=C\C/C=C\CCCCCCCCCCCCCCCCC(=O)NC(COP(=O)([O-])OCC[N+](C)(C)C)C(O)/C=C/CCCCCCCCCCCCCCCCCCCCCCC. The van der Waals surface area contributed by atoms with Crippen LogP contribution in [0.15, 0.2) is 109 Å². The zero-order valence-corrected chi connectivity index (χ0v) is 56.5. The van der Waals surface area contributed by atoms with Gasteiger partial charge in [-0.25, -0.2) is 0 Å². The summed E-state index contributed by atoms with van der Waals surface area (Å²) in [6, 6.07) is -0.894. The number of aliphatic hydroxyl groups is 1. The van der Waals surface area contributed by atoms with Gasteiger partial charge in [-0.2, -0.15) is 0 Å². The zero-order valence-electron chi connectivity index (χ0n) is 55.6. The topological polar surface area (TPSA) is 108 Å². The molecule has 3 atom stereocenters. The number of aliphatic hydroxyl groups excluding tert-OH is 1. The highest BCUT2D eigenvalue weighted by Crippen LogP contribution is 2.38. The lowest BCUT2D eigenvalue weighted by atomic mass is 10.0. The van der Waals surface area contributed by atoms with Crippen LogP contribution in [0.25, 0.3) is 0 Å². The fraction of sp³-hybridized carbons (Fsp3) is 0.747. The van der Waals surface area contributed by atoms with Gasteiger partial charge in [-0.05, 0) is 83.5 Å². The third-order valence-corrected chi connectivity index (χ3v) is 16.5. The van der Waals surface area contributed by atoms with Gasteiger partial charge < -0.3 is 28.8 Å². The van der Waals surface area contributed by atoms with E-state index in [1.54, 1.807) is 6.08 Å². The monoisotopic (exact) mass is 1190 g/mol. The van der Waals surface area contributed by atoms with E-state index >= 15 is 0 Å². The molecule has 0 aliphatic carbocycles. The van der Waals surface area contributed by atoms with Gasteiger partial charge in [-0.15, -0.1) is 0 Å². The van der Waals surface area contributed by atoms with E-state index in [-0.39, 0.29) is 19.1 Å². The Kier molecular flexibility index (Phi) is 62.4. The van der Waals surface area contributed by atoms with Crippen LogP contribution < -0.4 is 10.2 Å². The molecule has 84 heavy (non-hydrogen) atoms. The molecule has 0 saturated carbocycles. The Balaban J connectivity index is 4.07. The lowest BCUT2D eigenvalue weighted by Gasteiger charge is -2.29. The average molecular weight is 1190 g/mol. The van der Waals surface area contributed by atoms with Crippen LogP contribution in [-0.2, 0) is 18.4 Å². The Bertz CT molecular complexity index is 1740. The van der Waals surface area contributed by atoms with Gasteiger partial charge in [0, 0.05) is 6.42 Å². The van der Waals surface area contributed by atoms with Crippen LogP contribution in [0.4, 0.5) is 0 Å². The summed E-state index contributed by atoms with van der Waals surface area (Å²) in [5.74, 6) is -0.198. The second-order valence-electron chi connectivity index (χ2n) is 24.9. The number of likely N-dealkylation sites (N-methyl/N-ethyl adjacent to an activating group) is 1. The van der Waals surface area contributed by atoms with Crippen molar-refractivity contribution in [1.29, 1.82) is 0 Å². The van der Waals surface area contributed by atoms with Gasteiger partial charge in [0.15, 0.2) is 0 Å². The highest BCUT2D eigenvalue weighted by Gasteiger charge is 2.23. The number of carbonyl (C=O) groups is 1. The standard InChI is InChI=1S/C75H135N2O6P/c1-6-8-10-12-14-16-18-20-22-24-26-28-30-31-32-33-34-35-36-37-38-39-40-41-42-43-44-45-47-49-51-53-55-57-59-61-63-65-67-69-75(79)76-73(72-83-84(80,81)82-71-70-77(3,4)5)74(78)68-66-64-62-60-58-56-54-52-50-48-46-29-27-25-23-21-19-17-15-13-11-9-7-2/h8,10,14,16,20,22,26,28,31-32,34-35,37-38,40-41,66,68,73-74,78H,6-7,9,11-13,15,17-19,21,23-25,27,29-30,33,36,39,42-65,67,69-72H2,1-5H3,(H-,76,79,80,81)/b10-8-,16-14-,22-20-,28-26-,32-31-,35-34-,38-37-,41-40-,68-66+. The minimum Gasteiger partial charge on any atom is -0.756 e. The van der Waals surface area contributed by atoms with Gasteiger partial charge in [0.2, 0.25) is 5.91 Å². The molecule has 0 fully saturated rings. The van der Waals surface area contributed by atoms with Crippen LogP contribution in [0.1, 0.15) is 309 Å². The molecule has 0 radical (unpaired) electrons. The first-order valence-electron chi connectivity index (χ1n) is 35.2. The summed E-state index contributed by atoms with van der Waals surface area (Å²) in [6.45, 7) is 4.56.